The molecule has 7 nitrogen and oxygen atoms in total. The molecular weight excluding hydrogens is 459 g/mol. The Morgan fingerprint density at radius 1 is 1.26 bits per heavy atom. The van der Waals surface area contributed by atoms with Crippen LogP contribution in [0.4, 0.5) is 0 Å². The molecule has 1 aliphatic rings. The van der Waals surface area contributed by atoms with E-state index in [2.05, 4.69) is 15.6 Å². The lowest BCUT2D eigenvalue weighted by Gasteiger charge is -2.23. The predicted octanol–water partition coefficient (Wildman–Crippen LogP) is 2.25. The highest BCUT2D eigenvalue weighted by Gasteiger charge is 2.28. The Bertz CT molecular complexity index is 635. The molecule has 27 heavy (non-hydrogen) atoms. The lowest BCUT2D eigenvalue weighted by atomic mass is 10.2. The van der Waals surface area contributed by atoms with Crippen molar-refractivity contribution in [3.63, 3.8) is 0 Å². The van der Waals surface area contributed by atoms with E-state index in [1.165, 1.54) is 0 Å². The molecule has 1 fully saturated rings. The third-order valence-electron chi connectivity index (χ3n) is 4.22. The van der Waals surface area contributed by atoms with Crippen LogP contribution in [-0.4, -0.2) is 57.7 Å². The highest BCUT2D eigenvalue weighted by Crippen LogP contribution is 2.28. The lowest BCUT2D eigenvalue weighted by Crippen LogP contribution is -2.39. The average molecular weight is 490 g/mol. The van der Waals surface area contributed by atoms with Crippen molar-refractivity contribution in [1.82, 2.24) is 15.5 Å². The molecule has 2 N–H and O–H groups in total. The molecule has 0 spiro atoms. The highest BCUT2D eigenvalue weighted by molar-refractivity contribution is 14.0. The van der Waals surface area contributed by atoms with Crippen molar-refractivity contribution in [1.29, 1.82) is 0 Å². The zero-order chi connectivity index (χ0) is 18.9. The molecule has 1 aromatic rings. The molecule has 152 valence electrons. The summed E-state index contributed by atoms with van der Waals surface area (Å²) in [5, 5.41) is 6.22. The molecule has 1 amide bonds. The van der Waals surface area contributed by atoms with Crippen LogP contribution in [0.15, 0.2) is 23.2 Å². The first-order valence-electron chi connectivity index (χ1n) is 9.07. The molecule has 0 radical (unpaired) electrons. The molecule has 2 rings (SSSR count). The average Bonchev–Trinajstić information content (AvgIpc) is 3.49. The maximum Gasteiger partial charge on any atom is 0.223 e. The molecule has 0 bridgehead atoms. The van der Waals surface area contributed by atoms with E-state index in [9.17, 15) is 4.79 Å². The number of nitrogens with zero attached hydrogens (tertiary/aromatic N) is 2. The standard InChI is InChI=1S/C19H30N4O3.HI/c1-5-20-19(22-11-10-21-18(24)14-6-7-14)23(2)13-15-8-9-16(25-3)12-17(15)26-4;/h8-9,12,14H,5-7,10-11,13H2,1-4H3,(H,20,22)(H,21,24);1H. The highest BCUT2D eigenvalue weighted by atomic mass is 127. The van der Waals surface area contributed by atoms with Crippen LogP contribution in [0.1, 0.15) is 25.3 Å². The van der Waals surface area contributed by atoms with Crippen LogP contribution in [0, 0.1) is 5.92 Å². The third-order valence-corrected chi connectivity index (χ3v) is 4.22. The van der Waals surface area contributed by atoms with Gasteiger partial charge in [0.05, 0.1) is 20.8 Å². The summed E-state index contributed by atoms with van der Waals surface area (Å²) in [5.74, 6) is 2.73. The first-order chi connectivity index (χ1) is 12.6. The van der Waals surface area contributed by atoms with Gasteiger partial charge in [-0.3, -0.25) is 9.79 Å². The number of guanidine groups is 1. The first kappa shape index (κ1) is 23.3. The van der Waals surface area contributed by atoms with Crippen molar-refractivity contribution in [3.05, 3.63) is 23.8 Å². The number of carbonyl (C=O) groups excluding carboxylic acids is 1. The number of ether oxygens (including phenoxy) is 2. The molecule has 1 aliphatic carbocycles. The first-order valence-corrected chi connectivity index (χ1v) is 9.07. The van der Waals surface area contributed by atoms with Gasteiger partial charge in [0, 0.05) is 44.2 Å². The van der Waals surface area contributed by atoms with Gasteiger partial charge in [-0.2, -0.15) is 0 Å². The maximum atomic E-state index is 11.7. The second kappa shape index (κ2) is 11.9. The normalized spacial score (nSPS) is 13.4. The van der Waals surface area contributed by atoms with Gasteiger partial charge in [-0.1, -0.05) is 0 Å². The second-order valence-corrected chi connectivity index (χ2v) is 6.33. The van der Waals surface area contributed by atoms with Gasteiger partial charge in [-0.05, 0) is 31.9 Å². The van der Waals surface area contributed by atoms with Crippen LogP contribution in [0.3, 0.4) is 0 Å². The summed E-state index contributed by atoms with van der Waals surface area (Å²) in [7, 11) is 5.27. The van der Waals surface area contributed by atoms with E-state index in [0.717, 1.165) is 42.4 Å². The Morgan fingerprint density at radius 3 is 2.59 bits per heavy atom. The van der Waals surface area contributed by atoms with E-state index in [0.29, 0.717) is 19.6 Å². The molecule has 0 aliphatic heterocycles. The van der Waals surface area contributed by atoms with Crippen molar-refractivity contribution in [3.8, 4) is 11.5 Å². The summed E-state index contributed by atoms with van der Waals surface area (Å²) in [6.07, 6.45) is 2.04. The van der Waals surface area contributed by atoms with Crippen molar-refractivity contribution in [2.45, 2.75) is 26.3 Å². The molecule has 1 saturated carbocycles. The van der Waals surface area contributed by atoms with Crippen LogP contribution >= 0.6 is 24.0 Å². The number of rotatable bonds is 9. The van der Waals surface area contributed by atoms with Gasteiger partial charge in [0.25, 0.3) is 0 Å². The maximum absolute atomic E-state index is 11.7. The fraction of sp³-hybridized carbons (Fsp3) is 0.579. The van der Waals surface area contributed by atoms with Crippen LogP contribution in [0.2, 0.25) is 0 Å². The Balaban J connectivity index is 0.00000364. The monoisotopic (exact) mass is 490 g/mol. The van der Waals surface area contributed by atoms with Gasteiger partial charge < -0.3 is 25.0 Å². The Labute approximate surface area is 178 Å². The lowest BCUT2D eigenvalue weighted by molar-refractivity contribution is -0.122. The largest absolute Gasteiger partial charge is 0.497 e. The van der Waals surface area contributed by atoms with Crippen molar-refractivity contribution in [2.75, 3.05) is 40.9 Å². The minimum atomic E-state index is 0. The Kier molecular flexibility index (Phi) is 10.3. The SMILES string of the molecule is CCNC(=NCCNC(=O)C1CC1)N(C)Cc1ccc(OC)cc1OC.I. The number of hydrogen-bond donors (Lipinski definition) is 2. The number of nitrogens with one attached hydrogen (secondary N) is 2. The second-order valence-electron chi connectivity index (χ2n) is 6.33. The van der Waals surface area contributed by atoms with E-state index < -0.39 is 0 Å². The van der Waals surface area contributed by atoms with E-state index >= 15 is 0 Å². The Morgan fingerprint density at radius 2 is 2.00 bits per heavy atom. The van der Waals surface area contributed by atoms with Gasteiger partial charge in [0.15, 0.2) is 5.96 Å². The number of carbonyl (C=O) groups is 1. The third kappa shape index (κ3) is 7.43. The molecule has 0 heterocycles. The van der Waals surface area contributed by atoms with E-state index in [1.807, 2.05) is 37.1 Å². The molecule has 0 unspecified atom stereocenters. The summed E-state index contributed by atoms with van der Waals surface area (Å²) in [5.41, 5.74) is 1.04. The molecular formula is C19H31IN4O3. The summed E-state index contributed by atoms with van der Waals surface area (Å²) in [6.45, 7) is 4.56. The fourth-order valence-corrected chi connectivity index (χ4v) is 2.61. The summed E-state index contributed by atoms with van der Waals surface area (Å²) in [4.78, 5) is 18.3. The van der Waals surface area contributed by atoms with Crippen molar-refractivity contribution in [2.24, 2.45) is 10.9 Å². The van der Waals surface area contributed by atoms with Crippen LogP contribution in [-0.2, 0) is 11.3 Å². The van der Waals surface area contributed by atoms with E-state index in [-0.39, 0.29) is 35.8 Å². The fourth-order valence-electron chi connectivity index (χ4n) is 2.61. The van der Waals surface area contributed by atoms with Gasteiger partial charge >= 0.3 is 0 Å². The van der Waals surface area contributed by atoms with Gasteiger partial charge in [-0.15, -0.1) is 24.0 Å². The number of amides is 1. The number of hydrogen-bond acceptors (Lipinski definition) is 4. The zero-order valence-corrected chi connectivity index (χ0v) is 18.9. The smallest absolute Gasteiger partial charge is 0.223 e. The number of halogens is 1. The van der Waals surface area contributed by atoms with Crippen LogP contribution in [0.5, 0.6) is 11.5 Å². The summed E-state index contributed by atoms with van der Waals surface area (Å²) >= 11 is 0. The topological polar surface area (TPSA) is 75.2 Å². The van der Waals surface area contributed by atoms with E-state index in [4.69, 9.17) is 9.47 Å². The van der Waals surface area contributed by atoms with Gasteiger partial charge in [-0.25, -0.2) is 0 Å². The number of aliphatic imine (C=N–C) groups is 1. The minimum Gasteiger partial charge on any atom is -0.497 e. The molecule has 8 heteroatoms. The summed E-state index contributed by atoms with van der Waals surface area (Å²) in [6, 6.07) is 5.79. The molecule has 0 atom stereocenters. The van der Waals surface area contributed by atoms with Crippen LogP contribution < -0.4 is 20.1 Å². The number of benzene rings is 1. The molecule has 0 saturated heterocycles. The quantitative estimate of drug-likeness (QED) is 0.241. The minimum absolute atomic E-state index is 0. The van der Waals surface area contributed by atoms with Crippen LogP contribution in [0.25, 0.3) is 0 Å². The number of methoxy groups -OCH3 is 2. The Hall–Kier alpha value is -1.71. The van der Waals surface area contributed by atoms with Crippen molar-refractivity contribution < 1.29 is 14.3 Å². The van der Waals surface area contributed by atoms with Crippen molar-refractivity contribution >= 4 is 35.8 Å². The zero-order valence-electron chi connectivity index (χ0n) is 16.6. The predicted molar refractivity (Wildman–Crippen MR) is 118 cm³/mol. The van der Waals surface area contributed by atoms with Gasteiger partial charge in [0.2, 0.25) is 5.91 Å². The molecule has 1 aromatic carbocycles. The van der Waals surface area contributed by atoms with Gasteiger partial charge in [0.1, 0.15) is 11.5 Å². The summed E-state index contributed by atoms with van der Waals surface area (Å²) < 4.78 is 10.7. The van der Waals surface area contributed by atoms with E-state index in [1.54, 1.807) is 14.2 Å². The molecule has 0 aromatic heterocycles.